The Balaban J connectivity index is 1.76. The Hall–Kier alpha value is -2.15. The van der Waals surface area contributed by atoms with E-state index in [1.54, 1.807) is 11.8 Å². The number of amides is 1. The number of benzene rings is 1. The molecule has 0 radical (unpaired) electrons. The monoisotopic (exact) mass is 376 g/mol. The van der Waals surface area contributed by atoms with E-state index in [0.717, 1.165) is 12.0 Å². The largest absolute Gasteiger partial charge is 0.441 e. The molecular weight excluding hydrogens is 352 g/mol. The van der Waals surface area contributed by atoms with Gasteiger partial charge in [-0.3, -0.25) is 4.79 Å². The highest BCUT2D eigenvalue weighted by Crippen LogP contribution is 2.23. The van der Waals surface area contributed by atoms with Gasteiger partial charge in [0.15, 0.2) is 9.84 Å². The molecule has 1 aliphatic heterocycles. The molecule has 1 fully saturated rings. The van der Waals surface area contributed by atoms with Crippen LogP contribution in [-0.4, -0.2) is 48.3 Å². The van der Waals surface area contributed by atoms with Crippen LogP contribution >= 0.6 is 0 Å². The number of hydrogen-bond acceptors (Lipinski definition) is 5. The number of sulfone groups is 1. The van der Waals surface area contributed by atoms with Gasteiger partial charge in [0, 0.05) is 18.2 Å². The van der Waals surface area contributed by atoms with Gasteiger partial charge >= 0.3 is 0 Å². The first-order valence-electron chi connectivity index (χ1n) is 8.91. The second kappa shape index (κ2) is 7.61. The fourth-order valence-corrected chi connectivity index (χ4v) is 5.04. The molecule has 1 saturated heterocycles. The number of carbonyl (C=O) groups excluding carboxylic acids is 1. The smallest absolute Gasteiger partial charge is 0.229 e. The van der Waals surface area contributed by atoms with Gasteiger partial charge in [-0.15, -0.1) is 0 Å². The fraction of sp³-hybridized carbons (Fsp3) is 0.474. The Bertz CT molecular complexity index is 874. The van der Waals surface area contributed by atoms with Crippen molar-refractivity contribution in [3.05, 3.63) is 41.8 Å². The quantitative estimate of drug-likeness (QED) is 0.774. The SMILES string of the molecule is CCCN(C(=O)Cc1nc(-c2ccccc2)oc1C)C1CCS(=O)(=O)C1. The molecule has 1 atom stereocenters. The summed E-state index contributed by atoms with van der Waals surface area (Å²) in [5.41, 5.74) is 1.47. The lowest BCUT2D eigenvalue weighted by atomic mass is 10.1. The minimum atomic E-state index is -3.03. The second-order valence-corrected chi connectivity index (χ2v) is 8.94. The Morgan fingerprint density at radius 3 is 2.65 bits per heavy atom. The first-order chi connectivity index (χ1) is 12.4. The Kier molecular flexibility index (Phi) is 5.46. The zero-order valence-corrected chi connectivity index (χ0v) is 16.0. The standard InChI is InChI=1S/C19H24N2O4S/c1-3-10-21(16-9-11-26(23,24)13-16)18(22)12-17-14(2)25-19(20-17)15-7-5-4-6-8-15/h4-8,16H,3,9-13H2,1-2H3. The summed E-state index contributed by atoms with van der Waals surface area (Å²) in [7, 11) is -3.03. The lowest BCUT2D eigenvalue weighted by Gasteiger charge is -2.27. The predicted molar refractivity (Wildman–Crippen MR) is 99.4 cm³/mol. The van der Waals surface area contributed by atoms with E-state index in [0.29, 0.717) is 30.3 Å². The van der Waals surface area contributed by atoms with Crippen LogP contribution in [-0.2, 0) is 21.1 Å². The summed E-state index contributed by atoms with van der Waals surface area (Å²) in [5.74, 6) is 1.24. The minimum Gasteiger partial charge on any atom is -0.441 e. The van der Waals surface area contributed by atoms with E-state index in [2.05, 4.69) is 4.98 Å². The van der Waals surface area contributed by atoms with Gasteiger partial charge in [0.2, 0.25) is 11.8 Å². The van der Waals surface area contributed by atoms with Crippen molar-refractivity contribution in [2.24, 2.45) is 0 Å². The van der Waals surface area contributed by atoms with E-state index in [4.69, 9.17) is 4.42 Å². The Labute approximate surface area is 154 Å². The molecule has 26 heavy (non-hydrogen) atoms. The van der Waals surface area contributed by atoms with Crippen molar-refractivity contribution in [3.63, 3.8) is 0 Å². The number of hydrogen-bond donors (Lipinski definition) is 0. The molecule has 1 aliphatic rings. The molecule has 140 valence electrons. The van der Waals surface area contributed by atoms with Crippen LogP contribution in [0.4, 0.5) is 0 Å². The van der Waals surface area contributed by atoms with Crippen LogP contribution in [0.3, 0.4) is 0 Å². The summed E-state index contributed by atoms with van der Waals surface area (Å²) in [6.45, 7) is 4.34. The minimum absolute atomic E-state index is 0.0613. The zero-order valence-electron chi connectivity index (χ0n) is 15.1. The van der Waals surface area contributed by atoms with Crippen molar-refractivity contribution in [1.82, 2.24) is 9.88 Å². The maximum Gasteiger partial charge on any atom is 0.229 e. The van der Waals surface area contributed by atoms with Crippen LogP contribution in [0, 0.1) is 6.92 Å². The Morgan fingerprint density at radius 2 is 2.04 bits per heavy atom. The third kappa shape index (κ3) is 4.15. The van der Waals surface area contributed by atoms with E-state index >= 15 is 0 Å². The number of oxazole rings is 1. The molecule has 1 aromatic carbocycles. The van der Waals surface area contributed by atoms with Gasteiger partial charge in [-0.1, -0.05) is 25.1 Å². The van der Waals surface area contributed by atoms with Crippen LogP contribution in [0.2, 0.25) is 0 Å². The Morgan fingerprint density at radius 1 is 1.31 bits per heavy atom. The molecule has 1 aromatic heterocycles. The second-order valence-electron chi connectivity index (χ2n) is 6.71. The summed E-state index contributed by atoms with van der Waals surface area (Å²) in [6, 6.07) is 9.31. The van der Waals surface area contributed by atoms with Crippen LogP contribution < -0.4 is 0 Å². The highest BCUT2D eigenvalue weighted by molar-refractivity contribution is 7.91. The number of aryl methyl sites for hydroxylation is 1. The molecule has 0 bridgehead atoms. The van der Waals surface area contributed by atoms with Crippen molar-refractivity contribution < 1.29 is 17.6 Å². The van der Waals surface area contributed by atoms with Gasteiger partial charge in [-0.2, -0.15) is 0 Å². The number of carbonyl (C=O) groups is 1. The molecule has 1 amide bonds. The number of rotatable bonds is 6. The molecule has 3 rings (SSSR count). The van der Waals surface area contributed by atoms with Crippen molar-refractivity contribution in [2.75, 3.05) is 18.1 Å². The molecule has 1 unspecified atom stereocenters. The molecular formula is C19H24N2O4S. The maximum absolute atomic E-state index is 12.8. The number of nitrogens with zero attached hydrogens (tertiary/aromatic N) is 2. The van der Waals surface area contributed by atoms with Crippen LogP contribution in [0.1, 0.15) is 31.2 Å². The lowest BCUT2D eigenvalue weighted by Crippen LogP contribution is -2.42. The lowest BCUT2D eigenvalue weighted by molar-refractivity contribution is -0.132. The van der Waals surface area contributed by atoms with Crippen molar-refractivity contribution >= 4 is 15.7 Å². The van der Waals surface area contributed by atoms with Crippen molar-refractivity contribution in [2.45, 2.75) is 39.2 Å². The molecule has 2 heterocycles. The summed E-state index contributed by atoms with van der Waals surface area (Å²) >= 11 is 0. The van der Waals surface area contributed by atoms with Gasteiger partial charge in [-0.05, 0) is 31.9 Å². The van der Waals surface area contributed by atoms with E-state index in [-0.39, 0.29) is 29.9 Å². The third-order valence-electron chi connectivity index (χ3n) is 4.67. The summed E-state index contributed by atoms with van der Waals surface area (Å²) in [5, 5.41) is 0. The van der Waals surface area contributed by atoms with Gasteiger partial charge in [0.05, 0.1) is 23.6 Å². The topological polar surface area (TPSA) is 80.5 Å². The first kappa shape index (κ1) is 18.6. The molecule has 0 saturated carbocycles. The molecule has 0 N–H and O–H groups in total. The third-order valence-corrected chi connectivity index (χ3v) is 6.42. The van der Waals surface area contributed by atoms with Crippen molar-refractivity contribution in [1.29, 1.82) is 0 Å². The first-order valence-corrected chi connectivity index (χ1v) is 10.7. The molecule has 2 aromatic rings. The zero-order chi connectivity index (χ0) is 18.7. The van der Waals surface area contributed by atoms with E-state index in [9.17, 15) is 13.2 Å². The van der Waals surface area contributed by atoms with Gasteiger partial charge in [0.1, 0.15) is 5.76 Å². The summed E-state index contributed by atoms with van der Waals surface area (Å²) < 4.78 is 29.3. The van der Waals surface area contributed by atoms with E-state index in [1.807, 2.05) is 37.3 Å². The number of aromatic nitrogens is 1. The summed E-state index contributed by atoms with van der Waals surface area (Å²) in [4.78, 5) is 19.0. The van der Waals surface area contributed by atoms with Crippen LogP contribution in [0.25, 0.3) is 11.5 Å². The molecule has 6 nitrogen and oxygen atoms in total. The highest BCUT2D eigenvalue weighted by atomic mass is 32.2. The van der Waals surface area contributed by atoms with Crippen molar-refractivity contribution in [3.8, 4) is 11.5 Å². The average molecular weight is 376 g/mol. The normalized spacial score (nSPS) is 18.8. The van der Waals surface area contributed by atoms with E-state index < -0.39 is 9.84 Å². The van der Waals surface area contributed by atoms with E-state index in [1.165, 1.54) is 0 Å². The van der Waals surface area contributed by atoms with Gasteiger partial charge in [0.25, 0.3) is 0 Å². The van der Waals surface area contributed by atoms with Gasteiger partial charge < -0.3 is 9.32 Å². The molecule has 0 aliphatic carbocycles. The summed E-state index contributed by atoms with van der Waals surface area (Å²) in [6.07, 6.45) is 1.43. The fourth-order valence-electron chi connectivity index (χ4n) is 3.31. The highest BCUT2D eigenvalue weighted by Gasteiger charge is 2.34. The maximum atomic E-state index is 12.8. The molecule has 0 spiro atoms. The molecule has 7 heteroatoms. The average Bonchev–Trinajstić information content (AvgIpc) is 3.16. The van der Waals surface area contributed by atoms with Gasteiger partial charge in [-0.25, -0.2) is 13.4 Å². The predicted octanol–water partition coefficient (Wildman–Crippen LogP) is 2.62. The van der Waals surface area contributed by atoms with Crippen LogP contribution in [0.5, 0.6) is 0 Å². The van der Waals surface area contributed by atoms with Crippen LogP contribution in [0.15, 0.2) is 34.7 Å².